The molecule has 1 heterocycles. The Labute approximate surface area is 176 Å². The van der Waals surface area contributed by atoms with Gasteiger partial charge in [0.1, 0.15) is 5.82 Å². The highest BCUT2D eigenvalue weighted by atomic mass is 32.2. The van der Waals surface area contributed by atoms with Crippen LogP contribution in [0.4, 0.5) is 0 Å². The van der Waals surface area contributed by atoms with E-state index in [2.05, 4.69) is 51.3 Å². The molecule has 3 aromatic rings. The average molecular weight is 409 g/mol. The van der Waals surface area contributed by atoms with Gasteiger partial charge in [0.15, 0.2) is 5.16 Å². The van der Waals surface area contributed by atoms with Crippen LogP contribution in [-0.4, -0.2) is 33.0 Å². The smallest absolute Gasteiger partial charge is 0.220 e. The summed E-state index contributed by atoms with van der Waals surface area (Å²) in [6.45, 7) is 2.89. The van der Waals surface area contributed by atoms with Gasteiger partial charge in [-0.2, -0.15) is 0 Å². The molecule has 3 rings (SSSR count). The van der Waals surface area contributed by atoms with Gasteiger partial charge in [-0.05, 0) is 30.5 Å². The lowest BCUT2D eigenvalue weighted by atomic mass is 10.1. The fraction of sp³-hybridized carbons (Fsp3) is 0.348. The third-order valence-corrected chi connectivity index (χ3v) is 5.57. The largest absolute Gasteiger partial charge is 0.356 e. The van der Waals surface area contributed by atoms with E-state index in [1.54, 1.807) is 11.8 Å². The molecule has 0 saturated heterocycles. The summed E-state index contributed by atoms with van der Waals surface area (Å²) in [4.78, 5) is 11.9. The second kappa shape index (κ2) is 11.4. The first-order valence-corrected chi connectivity index (χ1v) is 11.2. The molecule has 0 bridgehead atoms. The van der Waals surface area contributed by atoms with Crippen LogP contribution in [0.2, 0.25) is 0 Å². The van der Waals surface area contributed by atoms with Gasteiger partial charge in [0.2, 0.25) is 5.91 Å². The standard InChI is InChI=1S/C23H28N4OS/c1-2-3-16-24-22(28)15-10-17-29-23-26-25-21(18-19-11-6-4-7-12-19)27(23)20-13-8-5-9-14-20/h4-9,11-14H,2-3,10,15-18H2,1H3,(H,24,28). The van der Waals surface area contributed by atoms with Crippen LogP contribution in [0, 0.1) is 0 Å². The van der Waals surface area contributed by atoms with Crippen molar-refractivity contribution in [1.29, 1.82) is 0 Å². The van der Waals surface area contributed by atoms with Crippen LogP contribution in [0.15, 0.2) is 65.8 Å². The van der Waals surface area contributed by atoms with E-state index < -0.39 is 0 Å². The summed E-state index contributed by atoms with van der Waals surface area (Å²) >= 11 is 1.65. The van der Waals surface area contributed by atoms with E-state index >= 15 is 0 Å². The lowest BCUT2D eigenvalue weighted by molar-refractivity contribution is -0.121. The molecule has 2 aromatic carbocycles. The minimum Gasteiger partial charge on any atom is -0.356 e. The van der Waals surface area contributed by atoms with Crippen LogP contribution < -0.4 is 5.32 Å². The van der Waals surface area contributed by atoms with Crippen LogP contribution in [0.5, 0.6) is 0 Å². The summed E-state index contributed by atoms with van der Waals surface area (Å²) < 4.78 is 2.12. The fourth-order valence-electron chi connectivity index (χ4n) is 3.01. The van der Waals surface area contributed by atoms with Gasteiger partial charge in [-0.3, -0.25) is 9.36 Å². The molecule has 6 heteroatoms. The Balaban J connectivity index is 1.65. The van der Waals surface area contributed by atoms with E-state index in [0.717, 1.165) is 54.6 Å². The van der Waals surface area contributed by atoms with E-state index in [1.165, 1.54) is 5.56 Å². The van der Waals surface area contributed by atoms with Gasteiger partial charge in [0, 0.05) is 30.8 Å². The molecule has 152 valence electrons. The van der Waals surface area contributed by atoms with Crippen molar-refractivity contribution in [1.82, 2.24) is 20.1 Å². The number of rotatable bonds is 11. The number of nitrogens with one attached hydrogen (secondary N) is 1. The lowest BCUT2D eigenvalue weighted by Crippen LogP contribution is -2.24. The molecule has 1 N–H and O–H groups in total. The maximum absolute atomic E-state index is 11.9. The zero-order valence-electron chi connectivity index (χ0n) is 16.9. The molecule has 0 saturated carbocycles. The zero-order chi connectivity index (χ0) is 20.3. The maximum atomic E-state index is 11.9. The number of hydrogen-bond donors (Lipinski definition) is 1. The van der Waals surface area contributed by atoms with Crippen LogP contribution in [0.25, 0.3) is 5.69 Å². The van der Waals surface area contributed by atoms with Gasteiger partial charge in [0.25, 0.3) is 0 Å². The average Bonchev–Trinajstić information content (AvgIpc) is 3.15. The summed E-state index contributed by atoms with van der Waals surface area (Å²) in [7, 11) is 0. The van der Waals surface area contributed by atoms with Crippen molar-refractivity contribution in [2.75, 3.05) is 12.3 Å². The van der Waals surface area contributed by atoms with Crippen molar-refractivity contribution < 1.29 is 4.79 Å². The second-order valence-corrected chi connectivity index (χ2v) is 7.95. The fourth-order valence-corrected chi connectivity index (χ4v) is 3.92. The van der Waals surface area contributed by atoms with Gasteiger partial charge >= 0.3 is 0 Å². The summed E-state index contributed by atoms with van der Waals surface area (Å²) in [5.74, 6) is 1.88. The quantitative estimate of drug-likeness (QED) is 0.371. The SMILES string of the molecule is CCCCNC(=O)CCCSc1nnc(Cc2ccccc2)n1-c1ccccc1. The molecule has 0 atom stereocenters. The molecule has 1 amide bonds. The first kappa shape index (κ1) is 21.1. The van der Waals surface area contributed by atoms with Crippen molar-refractivity contribution in [3.63, 3.8) is 0 Å². The molecule has 29 heavy (non-hydrogen) atoms. The predicted octanol–water partition coefficient (Wildman–Crippen LogP) is 4.65. The number of amides is 1. The van der Waals surface area contributed by atoms with Crippen LogP contribution in [0.3, 0.4) is 0 Å². The number of hydrogen-bond acceptors (Lipinski definition) is 4. The first-order valence-electron chi connectivity index (χ1n) is 10.2. The number of nitrogens with zero attached hydrogens (tertiary/aromatic N) is 3. The number of aromatic nitrogens is 3. The molecule has 0 aliphatic rings. The molecular formula is C23H28N4OS. The van der Waals surface area contributed by atoms with E-state index in [0.29, 0.717) is 6.42 Å². The summed E-state index contributed by atoms with van der Waals surface area (Å²) in [6, 6.07) is 20.5. The Morgan fingerprint density at radius 1 is 1.00 bits per heavy atom. The molecule has 0 unspecified atom stereocenters. The van der Waals surface area contributed by atoms with Crippen molar-refractivity contribution >= 4 is 17.7 Å². The lowest BCUT2D eigenvalue weighted by Gasteiger charge is -2.10. The van der Waals surface area contributed by atoms with Crippen molar-refractivity contribution in [2.45, 2.75) is 44.2 Å². The monoisotopic (exact) mass is 408 g/mol. The number of thioether (sulfide) groups is 1. The number of unbranched alkanes of at least 4 members (excludes halogenated alkanes) is 1. The van der Waals surface area contributed by atoms with E-state index in [9.17, 15) is 4.79 Å². The molecule has 0 aliphatic heterocycles. The minimum atomic E-state index is 0.133. The van der Waals surface area contributed by atoms with Gasteiger partial charge < -0.3 is 5.32 Å². The maximum Gasteiger partial charge on any atom is 0.220 e. The Kier molecular flexibility index (Phi) is 8.31. The van der Waals surface area contributed by atoms with Crippen molar-refractivity contribution in [3.05, 3.63) is 72.1 Å². The van der Waals surface area contributed by atoms with E-state index in [-0.39, 0.29) is 5.91 Å². The molecule has 0 aliphatic carbocycles. The number of carbonyl (C=O) groups excluding carboxylic acids is 1. The molecular weight excluding hydrogens is 380 g/mol. The van der Waals surface area contributed by atoms with Crippen molar-refractivity contribution in [2.24, 2.45) is 0 Å². The highest BCUT2D eigenvalue weighted by Gasteiger charge is 2.15. The third-order valence-electron chi connectivity index (χ3n) is 4.55. The van der Waals surface area contributed by atoms with Crippen LogP contribution in [0.1, 0.15) is 44.0 Å². The highest BCUT2D eigenvalue weighted by Crippen LogP contribution is 2.24. The van der Waals surface area contributed by atoms with Gasteiger partial charge in [-0.1, -0.05) is 73.6 Å². The van der Waals surface area contributed by atoms with E-state index in [1.807, 2.05) is 36.4 Å². The van der Waals surface area contributed by atoms with Gasteiger partial charge in [0.05, 0.1) is 0 Å². The summed E-state index contributed by atoms with van der Waals surface area (Å²) in [5.41, 5.74) is 2.26. The minimum absolute atomic E-state index is 0.133. The van der Waals surface area contributed by atoms with Gasteiger partial charge in [-0.15, -0.1) is 10.2 Å². The van der Waals surface area contributed by atoms with Crippen molar-refractivity contribution in [3.8, 4) is 5.69 Å². The first-order chi connectivity index (χ1) is 14.3. The predicted molar refractivity (Wildman–Crippen MR) is 118 cm³/mol. The Bertz CT molecular complexity index is 880. The molecule has 0 fully saturated rings. The molecule has 0 spiro atoms. The summed E-state index contributed by atoms with van der Waals surface area (Å²) in [5, 5.41) is 12.7. The Morgan fingerprint density at radius 2 is 1.72 bits per heavy atom. The topological polar surface area (TPSA) is 59.8 Å². The number of carbonyl (C=O) groups is 1. The normalized spacial score (nSPS) is 10.8. The molecule has 1 aromatic heterocycles. The Morgan fingerprint density at radius 3 is 2.45 bits per heavy atom. The summed E-state index contributed by atoms with van der Waals surface area (Å²) in [6.07, 6.45) is 4.22. The van der Waals surface area contributed by atoms with Crippen LogP contribution in [-0.2, 0) is 11.2 Å². The number of benzene rings is 2. The Hall–Kier alpha value is -2.60. The van der Waals surface area contributed by atoms with Crippen LogP contribution >= 0.6 is 11.8 Å². The molecule has 5 nitrogen and oxygen atoms in total. The number of para-hydroxylation sites is 1. The van der Waals surface area contributed by atoms with Gasteiger partial charge in [-0.25, -0.2) is 0 Å². The zero-order valence-corrected chi connectivity index (χ0v) is 17.7. The highest BCUT2D eigenvalue weighted by molar-refractivity contribution is 7.99. The third kappa shape index (κ3) is 6.46. The molecule has 0 radical (unpaired) electrons. The second-order valence-electron chi connectivity index (χ2n) is 6.89. The van der Waals surface area contributed by atoms with E-state index in [4.69, 9.17) is 0 Å².